The average molecular weight is 236 g/mol. The summed E-state index contributed by atoms with van der Waals surface area (Å²) in [5.74, 6) is 3.18. The Hall–Kier alpha value is -0.0800. The molecular formula is C15H28N2. The minimum Gasteiger partial charge on any atom is -0.313 e. The van der Waals surface area contributed by atoms with Gasteiger partial charge in [0.1, 0.15) is 0 Å². The van der Waals surface area contributed by atoms with Crippen molar-refractivity contribution in [1.29, 1.82) is 0 Å². The van der Waals surface area contributed by atoms with Crippen LogP contribution in [0, 0.1) is 17.8 Å². The Morgan fingerprint density at radius 2 is 2.00 bits per heavy atom. The van der Waals surface area contributed by atoms with Crippen LogP contribution in [-0.2, 0) is 0 Å². The standard InChI is InChI=1S/C15H28N2/c1-11-5-7-17(8-6-16-11)12(2)15-10-13-3-4-14(15)9-13/h11-16H,3-10H2,1-2H3. The molecule has 17 heavy (non-hydrogen) atoms. The van der Waals surface area contributed by atoms with Crippen LogP contribution in [0.1, 0.15) is 46.0 Å². The van der Waals surface area contributed by atoms with Crippen molar-refractivity contribution in [2.75, 3.05) is 19.6 Å². The lowest BCUT2D eigenvalue weighted by atomic mass is 9.83. The highest BCUT2D eigenvalue weighted by Gasteiger charge is 2.43. The minimum atomic E-state index is 0.715. The zero-order valence-corrected chi connectivity index (χ0v) is 11.5. The first-order valence-corrected chi connectivity index (χ1v) is 7.71. The summed E-state index contributed by atoms with van der Waals surface area (Å²) in [5.41, 5.74) is 0. The Bertz CT molecular complexity index is 266. The molecule has 2 heteroatoms. The van der Waals surface area contributed by atoms with Crippen LogP contribution in [0.25, 0.3) is 0 Å². The van der Waals surface area contributed by atoms with Crippen LogP contribution in [0.5, 0.6) is 0 Å². The van der Waals surface area contributed by atoms with Gasteiger partial charge in [0.15, 0.2) is 0 Å². The second-order valence-electron chi connectivity index (χ2n) is 6.76. The maximum absolute atomic E-state index is 3.61. The smallest absolute Gasteiger partial charge is 0.0110 e. The lowest BCUT2D eigenvalue weighted by molar-refractivity contribution is 0.126. The summed E-state index contributed by atoms with van der Waals surface area (Å²) in [6.07, 6.45) is 7.47. The van der Waals surface area contributed by atoms with E-state index < -0.39 is 0 Å². The topological polar surface area (TPSA) is 15.3 Å². The summed E-state index contributed by atoms with van der Waals surface area (Å²) in [5, 5.41) is 3.61. The summed E-state index contributed by atoms with van der Waals surface area (Å²) < 4.78 is 0. The van der Waals surface area contributed by atoms with Crippen molar-refractivity contribution in [1.82, 2.24) is 10.2 Å². The molecule has 1 saturated heterocycles. The number of nitrogens with zero attached hydrogens (tertiary/aromatic N) is 1. The van der Waals surface area contributed by atoms with Crippen molar-refractivity contribution in [2.45, 2.75) is 58.0 Å². The Balaban J connectivity index is 1.59. The summed E-state index contributed by atoms with van der Waals surface area (Å²) in [6.45, 7) is 8.59. The third kappa shape index (κ3) is 2.39. The van der Waals surface area contributed by atoms with Gasteiger partial charge in [0.25, 0.3) is 0 Å². The fourth-order valence-electron chi connectivity index (χ4n) is 4.59. The second kappa shape index (κ2) is 4.89. The van der Waals surface area contributed by atoms with Gasteiger partial charge in [-0.2, -0.15) is 0 Å². The quantitative estimate of drug-likeness (QED) is 0.792. The van der Waals surface area contributed by atoms with Gasteiger partial charge in [-0.15, -0.1) is 0 Å². The maximum atomic E-state index is 3.61. The molecule has 5 unspecified atom stereocenters. The second-order valence-corrected chi connectivity index (χ2v) is 6.76. The number of hydrogen-bond acceptors (Lipinski definition) is 2. The molecule has 3 aliphatic rings. The lowest BCUT2D eigenvalue weighted by Gasteiger charge is -2.36. The van der Waals surface area contributed by atoms with Gasteiger partial charge < -0.3 is 5.32 Å². The van der Waals surface area contributed by atoms with Crippen LogP contribution in [0.15, 0.2) is 0 Å². The van der Waals surface area contributed by atoms with Crippen molar-refractivity contribution >= 4 is 0 Å². The van der Waals surface area contributed by atoms with Crippen molar-refractivity contribution in [3.05, 3.63) is 0 Å². The predicted molar refractivity (Wildman–Crippen MR) is 72.1 cm³/mol. The van der Waals surface area contributed by atoms with E-state index in [9.17, 15) is 0 Å². The summed E-state index contributed by atoms with van der Waals surface area (Å²) in [7, 11) is 0. The molecular weight excluding hydrogens is 208 g/mol. The minimum absolute atomic E-state index is 0.715. The number of fused-ring (bicyclic) bond motifs is 2. The molecule has 0 aromatic carbocycles. The Labute approximate surface area is 106 Å². The van der Waals surface area contributed by atoms with Gasteiger partial charge in [-0.25, -0.2) is 0 Å². The van der Waals surface area contributed by atoms with Gasteiger partial charge in [0.05, 0.1) is 0 Å². The highest BCUT2D eigenvalue weighted by molar-refractivity contribution is 4.95. The maximum Gasteiger partial charge on any atom is 0.0110 e. The molecule has 0 amide bonds. The summed E-state index contributed by atoms with van der Waals surface area (Å²) in [4.78, 5) is 2.77. The van der Waals surface area contributed by atoms with E-state index in [-0.39, 0.29) is 0 Å². The van der Waals surface area contributed by atoms with Crippen LogP contribution in [0.4, 0.5) is 0 Å². The molecule has 98 valence electrons. The zero-order chi connectivity index (χ0) is 11.8. The summed E-state index contributed by atoms with van der Waals surface area (Å²) >= 11 is 0. The third-order valence-electron chi connectivity index (χ3n) is 5.73. The van der Waals surface area contributed by atoms with E-state index in [0.29, 0.717) is 6.04 Å². The Morgan fingerprint density at radius 1 is 1.12 bits per heavy atom. The highest BCUT2D eigenvalue weighted by atomic mass is 15.2. The number of nitrogens with one attached hydrogen (secondary N) is 1. The van der Waals surface area contributed by atoms with Gasteiger partial charge >= 0.3 is 0 Å². The molecule has 3 rings (SSSR count). The first-order chi connectivity index (χ1) is 8.24. The van der Waals surface area contributed by atoms with Gasteiger partial charge in [0.2, 0.25) is 0 Å². The van der Waals surface area contributed by atoms with Crippen molar-refractivity contribution < 1.29 is 0 Å². The SMILES string of the molecule is CC1CCN(C(C)C2CC3CCC2C3)CCN1. The normalized spacial score (nSPS) is 44.8. The largest absolute Gasteiger partial charge is 0.313 e. The first-order valence-electron chi connectivity index (χ1n) is 7.71. The van der Waals surface area contributed by atoms with Crippen LogP contribution in [-0.4, -0.2) is 36.6 Å². The average Bonchev–Trinajstić information content (AvgIpc) is 2.88. The highest BCUT2D eigenvalue weighted by Crippen LogP contribution is 2.50. The van der Waals surface area contributed by atoms with Crippen LogP contribution in [0.2, 0.25) is 0 Å². The molecule has 0 radical (unpaired) electrons. The molecule has 5 atom stereocenters. The van der Waals surface area contributed by atoms with E-state index >= 15 is 0 Å². The van der Waals surface area contributed by atoms with Crippen LogP contribution in [0.3, 0.4) is 0 Å². The molecule has 3 fully saturated rings. The van der Waals surface area contributed by atoms with Crippen molar-refractivity contribution in [3.63, 3.8) is 0 Å². The molecule has 1 aliphatic heterocycles. The van der Waals surface area contributed by atoms with Crippen LogP contribution >= 0.6 is 0 Å². The van der Waals surface area contributed by atoms with Crippen molar-refractivity contribution in [3.8, 4) is 0 Å². The van der Waals surface area contributed by atoms with E-state index in [1.807, 2.05) is 0 Å². The molecule has 1 heterocycles. The molecule has 2 nitrogen and oxygen atoms in total. The van der Waals surface area contributed by atoms with E-state index in [1.54, 1.807) is 6.42 Å². The van der Waals surface area contributed by atoms with Crippen molar-refractivity contribution in [2.24, 2.45) is 17.8 Å². The Kier molecular flexibility index (Phi) is 3.45. The third-order valence-corrected chi connectivity index (χ3v) is 5.73. The van der Waals surface area contributed by atoms with E-state index in [0.717, 1.165) is 23.8 Å². The van der Waals surface area contributed by atoms with Crippen LogP contribution < -0.4 is 5.32 Å². The van der Waals surface area contributed by atoms with Gasteiger partial charge in [-0.1, -0.05) is 6.42 Å². The number of hydrogen-bond donors (Lipinski definition) is 1. The Morgan fingerprint density at radius 3 is 2.71 bits per heavy atom. The molecule has 0 aromatic heterocycles. The predicted octanol–water partition coefficient (Wildman–Crippen LogP) is 2.49. The monoisotopic (exact) mass is 236 g/mol. The van der Waals surface area contributed by atoms with Gasteiger partial charge in [-0.05, 0) is 63.8 Å². The molecule has 1 N–H and O–H groups in total. The first kappa shape index (κ1) is 12.0. The van der Waals surface area contributed by atoms with Gasteiger partial charge in [-0.3, -0.25) is 4.90 Å². The zero-order valence-electron chi connectivity index (χ0n) is 11.5. The van der Waals surface area contributed by atoms with E-state index in [4.69, 9.17) is 0 Å². The molecule has 2 saturated carbocycles. The molecule has 0 spiro atoms. The fourth-order valence-corrected chi connectivity index (χ4v) is 4.59. The summed E-state index contributed by atoms with van der Waals surface area (Å²) in [6, 6.07) is 1.55. The number of rotatable bonds is 2. The lowest BCUT2D eigenvalue weighted by Crippen LogP contribution is -2.42. The van der Waals surface area contributed by atoms with Gasteiger partial charge in [0, 0.05) is 25.2 Å². The fraction of sp³-hybridized carbons (Fsp3) is 1.00. The van der Waals surface area contributed by atoms with E-state index in [2.05, 4.69) is 24.1 Å². The molecule has 0 aromatic rings. The molecule has 2 aliphatic carbocycles. The molecule has 2 bridgehead atoms. The van der Waals surface area contributed by atoms with E-state index in [1.165, 1.54) is 45.3 Å².